The number of nitrogens with zero attached hydrogens (tertiary/aromatic N) is 1. The summed E-state index contributed by atoms with van der Waals surface area (Å²) in [6.45, 7) is 1.97. The van der Waals surface area contributed by atoms with E-state index in [1.54, 1.807) is 19.1 Å². The Balaban J connectivity index is 3.79. The third-order valence-electron chi connectivity index (χ3n) is 1.29. The van der Waals surface area contributed by atoms with Crippen molar-refractivity contribution >= 4 is 5.97 Å². The second-order valence-electron chi connectivity index (χ2n) is 2.70. The van der Waals surface area contributed by atoms with E-state index in [4.69, 9.17) is 5.11 Å². The van der Waals surface area contributed by atoms with E-state index in [0.717, 1.165) is 6.42 Å². The molecule has 0 aliphatic heterocycles. The van der Waals surface area contributed by atoms with Crippen molar-refractivity contribution in [1.82, 2.24) is 10.4 Å². The quantitative estimate of drug-likeness (QED) is 0.568. The van der Waals surface area contributed by atoms with Crippen LogP contribution in [0.1, 0.15) is 19.8 Å². The maximum atomic E-state index is 10.5. The Morgan fingerprint density at radius 2 is 2.18 bits per heavy atom. The standard InChI is InChI=1S/C7H16N2O2/c1-4-5-6(7(10)11)8-9(2)3/h6,8H,4-5H2,1-3H3,(H,10,11). The number of nitrogens with one attached hydrogen (secondary N) is 1. The van der Waals surface area contributed by atoms with E-state index in [1.807, 2.05) is 6.92 Å². The first-order chi connectivity index (χ1) is 5.07. The number of hydrazine groups is 1. The molecule has 0 bridgehead atoms. The lowest BCUT2D eigenvalue weighted by molar-refractivity contribution is -0.141. The summed E-state index contributed by atoms with van der Waals surface area (Å²) in [5, 5.41) is 10.3. The summed E-state index contributed by atoms with van der Waals surface area (Å²) in [6.07, 6.45) is 1.53. The summed E-state index contributed by atoms with van der Waals surface area (Å²) >= 11 is 0. The zero-order valence-corrected chi connectivity index (χ0v) is 7.29. The first-order valence-corrected chi connectivity index (χ1v) is 3.74. The van der Waals surface area contributed by atoms with Gasteiger partial charge in [0.2, 0.25) is 0 Å². The van der Waals surface area contributed by atoms with E-state index < -0.39 is 12.0 Å². The Labute approximate surface area is 67.2 Å². The van der Waals surface area contributed by atoms with Crippen molar-refractivity contribution in [3.05, 3.63) is 0 Å². The molecule has 11 heavy (non-hydrogen) atoms. The third kappa shape index (κ3) is 4.75. The Bertz CT molecular complexity index is 126. The molecule has 0 heterocycles. The van der Waals surface area contributed by atoms with Crippen LogP contribution in [0, 0.1) is 0 Å². The van der Waals surface area contributed by atoms with E-state index in [0.29, 0.717) is 6.42 Å². The predicted octanol–water partition coefficient (Wildman–Crippen LogP) is 0.306. The molecule has 2 N–H and O–H groups in total. The highest BCUT2D eigenvalue weighted by Crippen LogP contribution is 1.96. The van der Waals surface area contributed by atoms with Gasteiger partial charge in [0.25, 0.3) is 0 Å². The van der Waals surface area contributed by atoms with Crippen LogP contribution in [-0.2, 0) is 4.79 Å². The van der Waals surface area contributed by atoms with Gasteiger partial charge in [-0.15, -0.1) is 0 Å². The van der Waals surface area contributed by atoms with Crippen molar-refractivity contribution < 1.29 is 9.90 Å². The van der Waals surface area contributed by atoms with Crippen LogP contribution in [0.4, 0.5) is 0 Å². The topological polar surface area (TPSA) is 52.6 Å². The van der Waals surface area contributed by atoms with Gasteiger partial charge in [0.1, 0.15) is 6.04 Å². The summed E-state index contributed by atoms with van der Waals surface area (Å²) in [6, 6.07) is -0.449. The molecule has 0 aromatic rings. The molecule has 66 valence electrons. The fraction of sp³-hybridized carbons (Fsp3) is 0.857. The minimum Gasteiger partial charge on any atom is -0.480 e. The minimum atomic E-state index is -0.791. The zero-order chi connectivity index (χ0) is 8.85. The average molecular weight is 160 g/mol. The van der Waals surface area contributed by atoms with Crippen molar-refractivity contribution in [3.8, 4) is 0 Å². The first-order valence-electron chi connectivity index (χ1n) is 3.74. The van der Waals surface area contributed by atoms with Gasteiger partial charge in [-0.25, -0.2) is 10.4 Å². The van der Waals surface area contributed by atoms with E-state index in [1.165, 1.54) is 0 Å². The molecule has 0 saturated carbocycles. The van der Waals surface area contributed by atoms with Crippen molar-refractivity contribution in [2.24, 2.45) is 0 Å². The molecule has 4 heteroatoms. The Hall–Kier alpha value is -0.610. The maximum absolute atomic E-state index is 10.5. The minimum absolute atomic E-state index is 0.449. The number of hydrogen-bond donors (Lipinski definition) is 2. The maximum Gasteiger partial charge on any atom is 0.322 e. The summed E-state index contributed by atoms with van der Waals surface area (Å²) in [5.74, 6) is -0.791. The lowest BCUT2D eigenvalue weighted by Crippen LogP contribution is -2.44. The van der Waals surface area contributed by atoms with Gasteiger partial charge in [-0.2, -0.15) is 0 Å². The van der Waals surface area contributed by atoms with Crippen molar-refractivity contribution in [3.63, 3.8) is 0 Å². The highest BCUT2D eigenvalue weighted by Gasteiger charge is 2.15. The Morgan fingerprint density at radius 1 is 1.64 bits per heavy atom. The summed E-state index contributed by atoms with van der Waals surface area (Å²) in [5.41, 5.74) is 2.81. The molecule has 0 aromatic heterocycles. The van der Waals surface area contributed by atoms with Crippen LogP contribution in [0.3, 0.4) is 0 Å². The van der Waals surface area contributed by atoms with Crippen LogP contribution in [0.2, 0.25) is 0 Å². The molecule has 0 aromatic carbocycles. The molecule has 1 atom stereocenters. The van der Waals surface area contributed by atoms with Crippen molar-refractivity contribution in [2.75, 3.05) is 14.1 Å². The highest BCUT2D eigenvalue weighted by atomic mass is 16.4. The van der Waals surface area contributed by atoms with Gasteiger partial charge >= 0.3 is 5.97 Å². The monoisotopic (exact) mass is 160 g/mol. The fourth-order valence-corrected chi connectivity index (χ4v) is 0.844. The third-order valence-corrected chi connectivity index (χ3v) is 1.29. The number of aliphatic carboxylic acids is 1. The lowest BCUT2D eigenvalue weighted by Gasteiger charge is -2.18. The number of hydrogen-bond acceptors (Lipinski definition) is 3. The molecule has 0 spiro atoms. The number of rotatable bonds is 5. The Kier molecular flexibility index (Phi) is 4.81. The van der Waals surface area contributed by atoms with Crippen LogP contribution >= 0.6 is 0 Å². The van der Waals surface area contributed by atoms with E-state index in [-0.39, 0.29) is 0 Å². The summed E-state index contributed by atoms with van der Waals surface area (Å²) < 4.78 is 0. The van der Waals surface area contributed by atoms with Gasteiger partial charge in [-0.3, -0.25) is 4.79 Å². The molecule has 0 amide bonds. The Morgan fingerprint density at radius 3 is 2.45 bits per heavy atom. The van der Waals surface area contributed by atoms with Gasteiger partial charge < -0.3 is 5.11 Å². The molecule has 0 radical (unpaired) electrons. The molecule has 0 rings (SSSR count). The van der Waals surface area contributed by atoms with Crippen LogP contribution in [0.25, 0.3) is 0 Å². The van der Waals surface area contributed by atoms with Crippen LogP contribution in [-0.4, -0.2) is 36.2 Å². The van der Waals surface area contributed by atoms with Crippen molar-refractivity contribution in [1.29, 1.82) is 0 Å². The summed E-state index contributed by atoms with van der Waals surface area (Å²) in [4.78, 5) is 10.5. The van der Waals surface area contributed by atoms with Gasteiger partial charge in [0.15, 0.2) is 0 Å². The first kappa shape index (κ1) is 10.4. The summed E-state index contributed by atoms with van der Waals surface area (Å²) in [7, 11) is 3.57. The second kappa shape index (κ2) is 5.09. The van der Waals surface area contributed by atoms with Gasteiger partial charge in [0, 0.05) is 14.1 Å². The van der Waals surface area contributed by atoms with Gasteiger partial charge in [0.05, 0.1) is 0 Å². The zero-order valence-electron chi connectivity index (χ0n) is 7.29. The molecule has 0 saturated heterocycles. The fourth-order valence-electron chi connectivity index (χ4n) is 0.844. The molecule has 1 unspecified atom stereocenters. The van der Waals surface area contributed by atoms with E-state index in [2.05, 4.69) is 5.43 Å². The SMILES string of the molecule is CCCC(NN(C)C)C(=O)O. The normalized spacial score (nSPS) is 13.5. The number of carboxylic acid groups (broad SMARTS) is 1. The number of carboxylic acids is 1. The number of carbonyl (C=O) groups is 1. The lowest BCUT2D eigenvalue weighted by atomic mass is 10.2. The van der Waals surface area contributed by atoms with E-state index in [9.17, 15) is 4.79 Å². The van der Waals surface area contributed by atoms with Gasteiger partial charge in [-0.05, 0) is 6.42 Å². The van der Waals surface area contributed by atoms with Crippen LogP contribution < -0.4 is 5.43 Å². The van der Waals surface area contributed by atoms with Crippen LogP contribution in [0.15, 0.2) is 0 Å². The molecule has 0 aliphatic rings. The van der Waals surface area contributed by atoms with Crippen LogP contribution in [0.5, 0.6) is 0 Å². The smallest absolute Gasteiger partial charge is 0.322 e. The average Bonchev–Trinajstić information content (AvgIpc) is 1.86. The molecular weight excluding hydrogens is 144 g/mol. The second-order valence-corrected chi connectivity index (χ2v) is 2.70. The molecular formula is C7H16N2O2. The molecule has 0 aliphatic carbocycles. The molecule has 0 fully saturated rings. The van der Waals surface area contributed by atoms with E-state index >= 15 is 0 Å². The largest absolute Gasteiger partial charge is 0.480 e. The molecule has 4 nitrogen and oxygen atoms in total. The predicted molar refractivity (Wildman–Crippen MR) is 43.2 cm³/mol. The van der Waals surface area contributed by atoms with Gasteiger partial charge in [-0.1, -0.05) is 13.3 Å². The highest BCUT2D eigenvalue weighted by molar-refractivity contribution is 5.73. The van der Waals surface area contributed by atoms with Crippen molar-refractivity contribution in [2.45, 2.75) is 25.8 Å².